The van der Waals surface area contributed by atoms with Gasteiger partial charge in [0.2, 0.25) is 0 Å². The maximum absolute atomic E-state index is 14.3. The Balaban J connectivity index is 2.36. The van der Waals surface area contributed by atoms with Gasteiger partial charge in [0.05, 0.1) is 16.8 Å². The summed E-state index contributed by atoms with van der Waals surface area (Å²) in [4.78, 5) is 11.7. The Morgan fingerprint density at radius 1 is 1.14 bits per heavy atom. The van der Waals surface area contributed by atoms with Gasteiger partial charge in [-0.1, -0.05) is 6.07 Å². The second-order valence-corrected chi connectivity index (χ2v) is 6.28. The van der Waals surface area contributed by atoms with E-state index >= 15 is 0 Å². The highest BCUT2D eigenvalue weighted by Gasteiger charge is 2.52. The molecule has 120 valence electrons. The largest absolute Gasteiger partial charge is 0.497 e. The summed E-state index contributed by atoms with van der Waals surface area (Å²) in [5, 5.41) is 2.44. The van der Waals surface area contributed by atoms with E-state index in [0.717, 1.165) is 0 Å². The first kappa shape index (κ1) is 16.9. The van der Waals surface area contributed by atoms with E-state index in [1.54, 1.807) is 6.92 Å². The monoisotopic (exact) mass is 311 g/mol. The Morgan fingerprint density at radius 2 is 1.68 bits per heavy atom. The van der Waals surface area contributed by atoms with Crippen LogP contribution in [0.5, 0.6) is 0 Å². The topological polar surface area (TPSA) is 47.6 Å². The van der Waals surface area contributed by atoms with Crippen molar-refractivity contribution < 1.29 is 22.9 Å². The Morgan fingerprint density at radius 3 is 2.18 bits per heavy atom. The molecule has 0 bridgehead atoms. The van der Waals surface area contributed by atoms with E-state index in [1.165, 1.54) is 12.1 Å². The number of halogens is 2. The molecule has 0 aliphatic carbocycles. The molecule has 2 rings (SSSR count). The summed E-state index contributed by atoms with van der Waals surface area (Å²) in [6, 6.07) is 2.56. The fourth-order valence-electron chi connectivity index (χ4n) is 2.15. The molecule has 7 heteroatoms. The van der Waals surface area contributed by atoms with Crippen LogP contribution in [0.15, 0.2) is 12.1 Å². The summed E-state index contributed by atoms with van der Waals surface area (Å²) < 4.78 is 39.8. The molecular formula is C15H20BF2NO3. The molecule has 1 fully saturated rings. The Bertz CT molecular complexity index is 589. The Labute approximate surface area is 129 Å². The highest BCUT2D eigenvalue weighted by Crippen LogP contribution is 2.36. The van der Waals surface area contributed by atoms with Gasteiger partial charge in [0.25, 0.3) is 5.91 Å². The van der Waals surface area contributed by atoms with Gasteiger partial charge in [0, 0.05) is 12.0 Å². The van der Waals surface area contributed by atoms with Crippen molar-refractivity contribution in [2.24, 2.45) is 0 Å². The van der Waals surface area contributed by atoms with Gasteiger partial charge >= 0.3 is 7.12 Å². The van der Waals surface area contributed by atoms with Crippen molar-refractivity contribution in [3.05, 3.63) is 29.3 Å². The maximum Gasteiger partial charge on any atom is 0.497 e. The highest BCUT2D eigenvalue weighted by molar-refractivity contribution is 6.62. The number of amides is 1. The van der Waals surface area contributed by atoms with E-state index in [1.807, 2.05) is 27.7 Å². The lowest BCUT2D eigenvalue weighted by atomic mass is 9.78. The van der Waals surface area contributed by atoms with Crippen LogP contribution in [0, 0.1) is 11.6 Å². The Kier molecular flexibility index (Phi) is 4.32. The van der Waals surface area contributed by atoms with Crippen LogP contribution in [-0.2, 0) is 9.31 Å². The molecule has 22 heavy (non-hydrogen) atoms. The number of carbonyl (C=O) groups excluding carboxylic acids is 1. The maximum atomic E-state index is 14.3. The third kappa shape index (κ3) is 2.75. The van der Waals surface area contributed by atoms with Crippen molar-refractivity contribution in [1.82, 2.24) is 5.32 Å². The first-order valence-corrected chi connectivity index (χ1v) is 7.22. The molecule has 1 aliphatic rings. The number of carbonyl (C=O) groups is 1. The molecule has 1 N–H and O–H groups in total. The zero-order valence-electron chi connectivity index (χ0n) is 13.4. The number of nitrogens with one attached hydrogen (secondary N) is 1. The van der Waals surface area contributed by atoms with Crippen LogP contribution in [0.4, 0.5) is 8.78 Å². The second-order valence-electron chi connectivity index (χ2n) is 6.28. The molecular weight excluding hydrogens is 291 g/mol. The third-order valence-corrected chi connectivity index (χ3v) is 4.20. The fourth-order valence-corrected chi connectivity index (χ4v) is 2.15. The van der Waals surface area contributed by atoms with Gasteiger partial charge in [-0.2, -0.15) is 0 Å². The average molecular weight is 311 g/mol. The molecule has 0 radical (unpaired) electrons. The fraction of sp³-hybridized carbons (Fsp3) is 0.533. The molecule has 0 aromatic heterocycles. The molecule has 0 spiro atoms. The van der Waals surface area contributed by atoms with Crippen LogP contribution in [0.1, 0.15) is 45.0 Å². The molecule has 0 saturated carbocycles. The molecule has 1 aromatic carbocycles. The summed E-state index contributed by atoms with van der Waals surface area (Å²) in [5.41, 5.74) is -1.69. The van der Waals surface area contributed by atoms with Gasteiger partial charge in [-0.25, -0.2) is 8.78 Å². The molecule has 1 heterocycles. The SMILES string of the molecule is CCNC(=O)c1ccc(B2OC(C)(C)C(C)(C)O2)c(F)c1F. The van der Waals surface area contributed by atoms with Crippen molar-refractivity contribution in [3.63, 3.8) is 0 Å². The van der Waals surface area contributed by atoms with E-state index in [-0.39, 0.29) is 11.0 Å². The van der Waals surface area contributed by atoms with Crippen molar-refractivity contribution in [1.29, 1.82) is 0 Å². The average Bonchev–Trinajstić information content (AvgIpc) is 2.61. The van der Waals surface area contributed by atoms with Gasteiger partial charge in [-0.15, -0.1) is 0 Å². The van der Waals surface area contributed by atoms with E-state index in [4.69, 9.17) is 9.31 Å². The molecule has 1 aliphatic heterocycles. The van der Waals surface area contributed by atoms with Crippen LogP contribution in [0.25, 0.3) is 0 Å². The second kappa shape index (κ2) is 5.63. The first-order valence-electron chi connectivity index (χ1n) is 7.22. The summed E-state index contributed by atoms with van der Waals surface area (Å²) in [6.45, 7) is 9.33. The normalized spacial score (nSPS) is 19.3. The van der Waals surface area contributed by atoms with Crippen LogP contribution >= 0.6 is 0 Å². The predicted octanol–water partition coefficient (Wildman–Crippen LogP) is 2.01. The summed E-state index contributed by atoms with van der Waals surface area (Å²) in [5.74, 6) is -2.97. The van der Waals surface area contributed by atoms with Gasteiger partial charge in [-0.3, -0.25) is 4.79 Å². The van der Waals surface area contributed by atoms with E-state index in [2.05, 4.69) is 5.32 Å². The molecule has 0 atom stereocenters. The van der Waals surface area contributed by atoms with E-state index < -0.39 is 35.9 Å². The summed E-state index contributed by atoms with van der Waals surface area (Å²) >= 11 is 0. The lowest BCUT2D eigenvalue weighted by molar-refractivity contribution is 0.00578. The third-order valence-electron chi connectivity index (χ3n) is 4.20. The van der Waals surface area contributed by atoms with Crippen LogP contribution in [-0.4, -0.2) is 30.8 Å². The van der Waals surface area contributed by atoms with Gasteiger partial charge < -0.3 is 14.6 Å². The smallest absolute Gasteiger partial charge is 0.399 e. The molecule has 4 nitrogen and oxygen atoms in total. The number of rotatable bonds is 3. The van der Waals surface area contributed by atoms with Crippen molar-refractivity contribution >= 4 is 18.5 Å². The number of hydrogen-bond donors (Lipinski definition) is 1. The van der Waals surface area contributed by atoms with Gasteiger partial charge in [0.1, 0.15) is 0 Å². The number of hydrogen-bond acceptors (Lipinski definition) is 3. The highest BCUT2D eigenvalue weighted by atomic mass is 19.2. The Hall–Kier alpha value is -1.47. The minimum absolute atomic E-state index is 0.0517. The van der Waals surface area contributed by atoms with Crippen LogP contribution in [0.3, 0.4) is 0 Å². The van der Waals surface area contributed by atoms with Crippen molar-refractivity contribution in [2.45, 2.75) is 45.8 Å². The molecule has 1 aromatic rings. The molecule has 0 unspecified atom stereocenters. The minimum atomic E-state index is -1.20. The van der Waals surface area contributed by atoms with Crippen LogP contribution in [0.2, 0.25) is 0 Å². The van der Waals surface area contributed by atoms with E-state index in [9.17, 15) is 13.6 Å². The van der Waals surface area contributed by atoms with E-state index in [0.29, 0.717) is 6.54 Å². The van der Waals surface area contributed by atoms with Gasteiger partial charge in [0.15, 0.2) is 11.6 Å². The van der Waals surface area contributed by atoms with Crippen molar-refractivity contribution in [3.8, 4) is 0 Å². The molecule has 1 saturated heterocycles. The molecule has 1 amide bonds. The van der Waals surface area contributed by atoms with Gasteiger partial charge in [-0.05, 0) is 40.7 Å². The minimum Gasteiger partial charge on any atom is -0.399 e. The number of benzene rings is 1. The first-order chi connectivity index (χ1) is 10.1. The zero-order valence-corrected chi connectivity index (χ0v) is 13.4. The van der Waals surface area contributed by atoms with Crippen LogP contribution < -0.4 is 10.8 Å². The van der Waals surface area contributed by atoms with Crippen molar-refractivity contribution in [2.75, 3.05) is 6.54 Å². The summed E-state index contributed by atoms with van der Waals surface area (Å²) in [7, 11) is -1.01. The summed E-state index contributed by atoms with van der Waals surface area (Å²) in [6.07, 6.45) is 0. The quantitative estimate of drug-likeness (QED) is 0.869. The standard InChI is InChI=1S/C15H20BF2NO3/c1-6-19-13(20)9-7-8-10(12(18)11(9)17)16-21-14(2,3)15(4,5)22-16/h7-8H,6H2,1-5H3,(H,19,20). The lowest BCUT2D eigenvalue weighted by Crippen LogP contribution is -2.41. The lowest BCUT2D eigenvalue weighted by Gasteiger charge is -2.32. The zero-order chi connectivity index (χ0) is 16.7. The predicted molar refractivity (Wildman–Crippen MR) is 80.1 cm³/mol.